The van der Waals surface area contributed by atoms with Crippen LogP contribution in [0, 0.1) is 0 Å². The zero-order valence-electron chi connectivity index (χ0n) is 18.0. The van der Waals surface area contributed by atoms with Crippen LogP contribution in [-0.2, 0) is 32.2 Å². The summed E-state index contributed by atoms with van der Waals surface area (Å²) in [5, 5.41) is 0. The van der Waals surface area contributed by atoms with Gasteiger partial charge in [0, 0.05) is 4.47 Å². The van der Waals surface area contributed by atoms with E-state index >= 15 is 0 Å². The van der Waals surface area contributed by atoms with Crippen LogP contribution >= 0.6 is 15.9 Å². The summed E-state index contributed by atoms with van der Waals surface area (Å²) in [4.78, 5) is 0. The van der Waals surface area contributed by atoms with Gasteiger partial charge >= 0.3 is 0 Å². The Morgan fingerprint density at radius 2 is 1.31 bits per heavy atom. The van der Waals surface area contributed by atoms with Crippen molar-refractivity contribution in [3.05, 3.63) is 33.8 Å². The van der Waals surface area contributed by atoms with Crippen molar-refractivity contribution in [3.63, 3.8) is 0 Å². The van der Waals surface area contributed by atoms with Gasteiger partial charge in [-0.25, -0.2) is 0 Å². The molecule has 0 aliphatic heterocycles. The monoisotopic (exact) mass is 468 g/mol. The molecule has 1 aromatic rings. The van der Waals surface area contributed by atoms with Crippen LogP contribution in [0.15, 0.2) is 22.7 Å². The van der Waals surface area contributed by atoms with E-state index in [0.717, 1.165) is 41.3 Å². The number of halogens is 1. The highest BCUT2D eigenvalue weighted by Gasteiger charge is 2.18. The van der Waals surface area contributed by atoms with Gasteiger partial charge in [-0.3, -0.25) is 0 Å². The second kappa shape index (κ2) is 12.4. The van der Waals surface area contributed by atoms with E-state index in [1.807, 2.05) is 13.8 Å². The summed E-state index contributed by atoms with van der Waals surface area (Å²) in [6.07, 6.45) is 12.8. The fourth-order valence-corrected chi connectivity index (χ4v) is 4.63. The molecule has 0 spiro atoms. The Hall–Kier alpha value is -0.460. The van der Waals surface area contributed by atoms with Crippen LogP contribution in [0.4, 0.5) is 0 Å². The molecular weight excluding hydrogens is 432 g/mol. The smallest absolute Gasteiger partial charge is 0.155 e. The molecule has 2 saturated carbocycles. The quantitative estimate of drug-likeness (QED) is 0.350. The van der Waals surface area contributed by atoms with Gasteiger partial charge in [-0.1, -0.05) is 66.6 Å². The standard InChI is InChI=1S/C24H37BrO4/c1-18(28-22-9-5-3-6-10-22)26-16-20-13-14-24(25)21(15-20)17-27-19(2)29-23-11-7-4-8-12-23/h13-15,18-19,22-23H,3-12,16-17H2,1-2H3. The molecule has 3 rings (SSSR count). The predicted octanol–water partition coefficient (Wildman–Crippen LogP) is 6.87. The first-order valence-electron chi connectivity index (χ1n) is 11.4. The molecule has 2 fully saturated rings. The molecule has 0 saturated heterocycles. The Kier molecular flexibility index (Phi) is 9.93. The molecule has 0 radical (unpaired) electrons. The van der Waals surface area contributed by atoms with E-state index in [1.54, 1.807) is 0 Å². The predicted molar refractivity (Wildman–Crippen MR) is 119 cm³/mol. The third-order valence-corrected chi connectivity index (χ3v) is 6.71. The maximum absolute atomic E-state index is 6.06. The van der Waals surface area contributed by atoms with Gasteiger partial charge in [-0.15, -0.1) is 0 Å². The lowest BCUT2D eigenvalue weighted by atomic mass is 9.98. The van der Waals surface area contributed by atoms with Crippen LogP contribution in [0.25, 0.3) is 0 Å². The minimum absolute atomic E-state index is 0.176. The molecule has 4 nitrogen and oxygen atoms in total. The van der Waals surface area contributed by atoms with Crippen molar-refractivity contribution >= 4 is 15.9 Å². The number of hydrogen-bond acceptors (Lipinski definition) is 4. The van der Waals surface area contributed by atoms with E-state index < -0.39 is 0 Å². The van der Waals surface area contributed by atoms with Crippen molar-refractivity contribution in [2.45, 2.75) is 116 Å². The maximum atomic E-state index is 6.06. The maximum Gasteiger partial charge on any atom is 0.155 e. The van der Waals surface area contributed by atoms with Gasteiger partial charge in [0.2, 0.25) is 0 Å². The van der Waals surface area contributed by atoms with Crippen LogP contribution in [0.1, 0.15) is 89.2 Å². The summed E-state index contributed by atoms with van der Waals surface area (Å²) >= 11 is 3.64. The summed E-state index contributed by atoms with van der Waals surface area (Å²) in [5.74, 6) is 0. The van der Waals surface area contributed by atoms with Gasteiger partial charge in [-0.2, -0.15) is 0 Å². The summed E-state index contributed by atoms with van der Waals surface area (Å²) < 4.78 is 25.1. The van der Waals surface area contributed by atoms with Crippen LogP contribution in [-0.4, -0.2) is 24.8 Å². The minimum Gasteiger partial charge on any atom is -0.350 e. The van der Waals surface area contributed by atoms with E-state index in [2.05, 4.69) is 34.1 Å². The molecule has 2 atom stereocenters. The Morgan fingerprint density at radius 1 is 0.793 bits per heavy atom. The SMILES string of the molecule is CC(OCc1ccc(Br)c(COC(C)OC2CCCCC2)c1)OC1CCCCC1. The normalized spacial score (nSPS) is 21.2. The lowest BCUT2D eigenvalue weighted by Crippen LogP contribution is -2.24. The number of ether oxygens (including phenoxy) is 4. The summed E-state index contributed by atoms with van der Waals surface area (Å²) in [5.41, 5.74) is 2.25. The van der Waals surface area contributed by atoms with Gasteiger partial charge in [0.15, 0.2) is 12.6 Å². The van der Waals surface area contributed by atoms with E-state index in [-0.39, 0.29) is 12.6 Å². The first kappa shape index (κ1) is 23.2. The van der Waals surface area contributed by atoms with Crippen molar-refractivity contribution in [1.29, 1.82) is 0 Å². The van der Waals surface area contributed by atoms with Crippen LogP contribution in [0.3, 0.4) is 0 Å². The Labute approximate surface area is 184 Å². The highest BCUT2D eigenvalue weighted by molar-refractivity contribution is 9.10. The zero-order chi connectivity index (χ0) is 20.5. The first-order chi connectivity index (χ1) is 14.1. The molecule has 2 unspecified atom stereocenters. The topological polar surface area (TPSA) is 36.9 Å². The highest BCUT2D eigenvalue weighted by atomic mass is 79.9. The molecule has 1 aromatic carbocycles. The Balaban J connectivity index is 1.42. The summed E-state index contributed by atoms with van der Waals surface area (Å²) in [7, 11) is 0. The van der Waals surface area contributed by atoms with Crippen molar-refractivity contribution in [1.82, 2.24) is 0 Å². The number of rotatable bonds is 10. The molecule has 0 N–H and O–H groups in total. The van der Waals surface area contributed by atoms with Gasteiger partial charge in [0.1, 0.15) is 0 Å². The van der Waals surface area contributed by atoms with E-state index in [0.29, 0.717) is 25.4 Å². The number of benzene rings is 1. The van der Waals surface area contributed by atoms with Gasteiger partial charge in [-0.05, 0) is 56.7 Å². The van der Waals surface area contributed by atoms with Crippen LogP contribution in [0.5, 0.6) is 0 Å². The Bertz CT molecular complexity index is 597. The van der Waals surface area contributed by atoms with Gasteiger partial charge < -0.3 is 18.9 Å². The van der Waals surface area contributed by atoms with E-state index in [9.17, 15) is 0 Å². The number of hydrogen-bond donors (Lipinski definition) is 0. The molecule has 0 amide bonds. The van der Waals surface area contributed by atoms with E-state index in [1.165, 1.54) is 38.5 Å². The van der Waals surface area contributed by atoms with Crippen LogP contribution in [0.2, 0.25) is 0 Å². The molecule has 2 aliphatic rings. The third kappa shape index (κ3) is 8.29. The Morgan fingerprint density at radius 3 is 1.86 bits per heavy atom. The lowest BCUT2D eigenvalue weighted by Gasteiger charge is -2.26. The molecule has 164 valence electrons. The summed E-state index contributed by atoms with van der Waals surface area (Å²) in [6.45, 7) is 5.07. The van der Waals surface area contributed by atoms with Crippen molar-refractivity contribution in [2.24, 2.45) is 0 Å². The molecule has 5 heteroatoms. The second-order valence-corrected chi connectivity index (χ2v) is 9.33. The molecule has 29 heavy (non-hydrogen) atoms. The molecule has 0 aromatic heterocycles. The van der Waals surface area contributed by atoms with Crippen molar-refractivity contribution < 1.29 is 18.9 Å². The average molecular weight is 469 g/mol. The molecule has 0 heterocycles. The van der Waals surface area contributed by atoms with Crippen LogP contribution < -0.4 is 0 Å². The molecule has 0 bridgehead atoms. The average Bonchev–Trinajstić information content (AvgIpc) is 2.73. The largest absolute Gasteiger partial charge is 0.350 e. The van der Waals surface area contributed by atoms with Gasteiger partial charge in [0.25, 0.3) is 0 Å². The lowest BCUT2D eigenvalue weighted by molar-refractivity contribution is -0.172. The van der Waals surface area contributed by atoms with Crippen molar-refractivity contribution in [2.75, 3.05) is 0 Å². The highest BCUT2D eigenvalue weighted by Crippen LogP contribution is 2.25. The first-order valence-corrected chi connectivity index (χ1v) is 12.2. The van der Waals surface area contributed by atoms with Gasteiger partial charge in [0.05, 0.1) is 25.4 Å². The fourth-order valence-electron chi connectivity index (χ4n) is 4.27. The molecule has 2 aliphatic carbocycles. The summed E-state index contributed by atoms with van der Waals surface area (Å²) in [6, 6.07) is 6.30. The zero-order valence-corrected chi connectivity index (χ0v) is 19.6. The molecular formula is C24H37BrO4. The second-order valence-electron chi connectivity index (χ2n) is 8.48. The minimum atomic E-state index is -0.186. The van der Waals surface area contributed by atoms with Crippen molar-refractivity contribution in [3.8, 4) is 0 Å². The van der Waals surface area contributed by atoms with E-state index in [4.69, 9.17) is 18.9 Å². The fraction of sp³-hybridized carbons (Fsp3) is 0.750. The third-order valence-electron chi connectivity index (χ3n) is 5.94.